The van der Waals surface area contributed by atoms with E-state index in [2.05, 4.69) is 9.97 Å². The van der Waals surface area contributed by atoms with E-state index in [4.69, 9.17) is 14.2 Å². The number of hydrogen-bond donors (Lipinski definition) is 0. The maximum Gasteiger partial charge on any atom is 0.417 e. The Morgan fingerprint density at radius 1 is 0.929 bits per heavy atom. The fraction of sp³-hybridized carbons (Fsp3) is 0.241. The molecular weight excluding hydrogens is 560 g/mol. The number of rotatable bonds is 7. The highest BCUT2D eigenvalue weighted by atomic mass is 19.4. The Bertz CT molecular complexity index is 1710. The minimum Gasteiger partial charge on any atom is -0.493 e. The molecule has 1 fully saturated rings. The molecule has 4 aromatic rings. The molecule has 0 radical (unpaired) electrons. The highest BCUT2D eigenvalue weighted by molar-refractivity contribution is 6.27. The third-order valence-electron chi connectivity index (χ3n) is 6.68. The van der Waals surface area contributed by atoms with Crippen molar-refractivity contribution in [2.45, 2.75) is 25.9 Å². The number of anilines is 2. The summed E-state index contributed by atoms with van der Waals surface area (Å²) >= 11 is 0. The van der Waals surface area contributed by atoms with Gasteiger partial charge in [-0.1, -0.05) is 13.8 Å². The molecule has 9 nitrogen and oxygen atoms in total. The third kappa shape index (κ3) is 5.13. The Labute approximate surface area is 237 Å². The van der Waals surface area contributed by atoms with Crippen LogP contribution in [0.1, 0.15) is 30.9 Å². The quantitative estimate of drug-likeness (QED) is 0.176. The number of urea groups is 1. The van der Waals surface area contributed by atoms with Crippen LogP contribution in [0.3, 0.4) is 0 Å². The summed E-state index contributed by atoms with van der Waals surface area (Å²) in [5.41, 5.74) is -0.534. The molecule has 1 aliphatic rings. The van der Waals surface area contributed by atoms with Gasteiger partial charge < -0.3 is 14.2 Å². The molecule has 13 heteroatoms. The Morgan fingerprint density at radius 2 is 1.64 bits per heavy atom. The molecule has 1 aliphatic heterocycles. The standard InChI is InChI=1S/C29H24F4N4O5/c1-15(2)19-8-17(37-26(38)14-36(28(37)39)18-7-16(12-34-13-18)29(31,32)33)9-21(30)27(19)42-23-5-6-35-22-11-25(41-4)24(40-3)10-20(22)23/h5-13,15H,14H2,1-4H3. The molecule has 3 heterocycles. The van der Waals surface area contributed by atoms with Crippen molar-refractivity contribution in [3.8, 4) is 23.0 Å². The maximum atomic E-state index is 15.7. The van der Waals surface area contributed by atoms with Gasteiger partial charge in [-0.05, 0) is 30.2 Å². The van der Waals surface area contributed by atoms with Crippen LogP contribution in [0.4, 0.5) is 33.7 Å². The van der Waals surface area contributed by atoms with E-state index in [1.54, 1.807) is 32.0 Å². The van der Waals surface area contributed by atoms with Crippen molar-refractivity contribution in [1.29, 1.82) is 0 Å². The van der Waals surface area contributed by atoms with Gasteiger partial charge in [0.2, 0.25) is 0 Å². The zero-order chi connectivity index (χ0) is 30.3. The lowest BCUT2D eigenvalue weighted by molar-refractivity contribution is -0.137. The molecule has 2 aromatic heterocycles. The highest BCUT2D eigenvalue weighted by Crippen LogP contribution is 2.42. The zero-order valence-corrected chi connectivity index (χ0v) is 22.8. The number of halogens is 4. The van der Waals surface area contributed by atoms with E-state index < -0.39 is 36.0 Å². The predicted molar refractivity (Wildman–Crippen MR) is 145 cm³/mol. The van der Waals surface area contributed by atoms with Crippen LogP contribution in [0.25, 0.3) is 10.9 Å². The predicted octanol–water partition coefficient (Wildman–Crippen LogP) is 6.69. The van der Waals surface area contributed by atoms with Crippen LogP contribution in [0.2, 0.25) is 0 Å². The van der Waals surface area contributed by atoms with Gasteiger partial charge in [0, 0.05) is 35.5 Å². The number of fused-ring (bicyclic) bond motifs is 1. The van der Waals surface area contributed by atoms with E-state index in [1.165, 1.54) is 26.5 Å². The van der Waals surface area contributed by atoms with Crippen molar-refractivity contribution >= 4 is 34.2 Å². The van der Waals surface area contributed by atoms with Crippen molar-refractivity contribution in [3.05, 3.63) is 71.9 Å². The molecule has 2 aromatic carbocycles. The molecule has 0 aliphatic carbocycles. The Kier molecular flexibility index (Phi) is 7.35. The number of hydrogen-bond acceptors (Lipinski definition) is 7. The van der Waals surface area contributed by atoms with Crippen molar-refractivity contribution in [2.75, 3.05) is 30.6 Å². The maximum absolute atomic E-state index is 15.7. The van der Waals surface area contributed by atoms with Crippen molar-refractivity contribution in [3.63, 3.8) is 0 Å². The van der Waals surface area contributed by atoms with E-state index in [0.717, 1.165) is 28.1 Å². The zero-order valence-electron chi connectivity index (χ0n) is 22.8. The first-order chi connectivity index (χ1) is 19.9. The summed E-state index contributed by atoms with van der Waals surface area (Å²) in [7, 11) is 2.96. The van der Waals surface area contributed by atoms with Gasteiger partial charge in [-0.3, -0.25) is 19.7 Å². The van der Waals surface area contributed by atoms with Crippen molar-refractivity contribution in [2.24, 2.45) is 0 Å². The molecule has 0 atom stereocenters. The summed E-state index contributed by atoms with van der Waals surface area (Å²) in [5, 5.41) is 0.517. The van der Waals surface area contributed by atoms with Crippen molar-refractivity contribution < 1.29 is 41.4 Å². The number of amides is 3. The summed E-state index contributed by atoms with van der Waals surface area (Å²) in [5.74, 6) is -0.936. The number of imide groups is 1. The van der Waals surface area contributed by atoms with Crippen molar-refractivity contribution in [1.82, 2.24) is 9.97 Å². The summed E-state index contributed by atoms with van der Waals surface area (Å²) in [6.07, 6.45) is -1.54. The number of benzene rings is 2. The lowest BCUT2D eigenvalue weighted by atomic mass is 10.0. The first-order valence-electron chi connectivity index (χ1n) is 12.6. The molecule has 0 bridgehead atoms. The van der Waals surface area contributed by atoms with Gasteiger partial charge in [-0.15, -0.1) is 0 Å². The molecule has 1 saturated heterocycles. The Balaban J connectivity index is 1.52. The fourth-order valence-corrected chi connectivity index (χ4v) is 4.60. The molecule has 3 amide bonds. The van der Waals surface area contributed by atoms with Crippen LogP contribution in [0.15, 0.2) is 55.0 Å². The topological polar surface area (TPSA) is 94.1 Å². The molecule has 0 spiro atoms. The monoisotopic (exact) mass is 584 g/mol. The summed E-state index contributed by atoms with van der Waals surface area (Å²) in [6.45, 7) is 3.00. The van der Waals surface area contributed by atoms with Crippen LogP contribution in [-0.2, 0) is 11.0 Å². The number of nitrogens with zero attached hydrogens (tertiary/aromatic N) is 4. The molecular formula is C29H24F4N4O5. The van der Waals surface area contributed by atoms with E-state index >= 15 is 4.39 Å². The van der Waals surface area contributed by atoms with Crippen LogP contribution < -0.4 is 24.0 Å². The van der Waals surface area contributed by atoms with Crippen LogP contribution in [-0.4, -0.2) is 42.7 Å². The third-order valence-corrected chi connectivity index (χ3v) is 6.68. The Hall–Kier alpha value is -4.94. The second-order valence-electron chi connectivity index (χ2n) is 9.66. The van der Waals surface area contributed by atoms with Gasteiger partial charge in [0.1, 0.15) is 12.3 Å². The normalized spacial score (nSPS) is 13.8. The van der Waals surface area contributed by atoms with Gasteiger partial charge in [0.15, 0.2) is 23.1 Å². The molecule has 218 valence electrons. The highest BCUT2D eigenvalue weighted by Gasteiger charge is 2.40. The lowest BCUT2D eigenvalue weighted by Crippen LogP contribution is -2.33. The molecule has 42 heavy (non-hydrogen) atoms. The minimum atomic E-state index is -4.70. The lowest BCUT2D eigenvalue weighted by Gasteiger charge is -2.21. The summed E-state index contributed by atoms with van der Waals surface area (Å²) in [6, 6.07) is 7.06. The Morgan fingerprint density at radius 3 is 2.31 bits per heavy atom. The number of alkyl halides is 3. The molecule has 5 rings (SSSR count). The van der Waals surface area contributed by atoms with E-state index in [0.29, 0.717) is 34.2 Å². The van der Waals surface area contributed by atoms with Gasteiger partial charge in [-0.2, -0.15) is 13.2 Å². The second-order valence-corrected chi connectivity index (χ2v) is 9.66. The van der Waals surface area contributed by atoms with E-state index in [9.17, 15) is 22.8 Å². The van der Waals surface area contributed by atoms with Gasteiger partial charge in [0.05, 0.1) is 42.9 Å². The van der Waals surface area contributed by atoms with Crippen LogP contribution in [0.5, 0.6) is 23.0 Å². The number of pyridine rings is 2. The number of aromatic nitrogens is 2. The molecule has 0 N–H and O–H groups in total. The number of methoxy groups -OCH3 is 2. The average Bonchev–Trinajstić information content (AvgIpc) is 3.26. The summed E-state index contributed by atoms with van der Waals surface area (Å²) < 4.78 is 72.1. The minimum absolute atomic E-state index is 0.0908. The van der Waals surface area contributed by atoms with E-state index in [1.807, 2.05) is 0 Å². The second kappa shape index (κ2) is 10.8. The molecule has 0 unspecified atom stereocenters. The fourth-order valence-electron chi connectivity index (χ4n) is 4.60. The first-order valence-corrected chi connectivity index (χ1v) is 12.6. The SMILES string of the molecule is COc1cc2nccc(Oc3c(F)cc(N4C(=O)CN(c5cncc(C(F)(F)F)c5)C4=O)cc3C(C)C)c2cc1OC. The van der Waals surface area contributed by atoms with E-state index in [-0.39, 0.29) is 28.8 Å². The molecule has 0 saturated carbocycles. The average molecular weight is 585 g/mol. The van der Waals surface area contributed by atoms with Crippen LogP contribution in [0, 0.1) is 5.82 Å². The number of carbonyl (C=O) groups excluding carboxylic acids is 2. The summed E-state index contributed by atoms with van der Waals surface area (Å²) in [4.78, 5) is 35.6. The van der Waals surface area contributed by atoms with Crippen LogP contribution >= 0.6 is 0 Å². The first kappa shape index (κ1) is 28.6. The number of ether oxygens (including phenoxy) is 3. The largest absolute Gasteiger partial charge is 0.493 e. The van der Waals surface area contributed by atoms with Gasteiger partial charge in [0.25, 0.3) is 5.91 Å². The smallest absolute Gasteiger partial charge is 0.417 e. The number of carbonyl (C=O) groups is 2. The van der Waals surface area contributed by atoms with Gasteiger partial charge in [-0.25, -0.2) is 14.1 Å². The van der Waals surface area contributed by atoms with Gasteiger partial charge >= 0.3 is 12.2 Å².